The predicted octanol–water partition coefficient (Wildman–Crippen LogP) is 7.17. The molecule has 19 heteroatoms. The third kappa shape index (κ3) is 7.80. The zero-order chi connectivity index (χ0) is 36.8. The van der Waals surface area contributed by atoms with E-state index < -0.39 is 76.9 Å². The van der Waals surface area contributed by atoms with Gasteiger partial charge in [-0.2, -0.15) is 39.5 Å². The highest BCUT2D eigenvalue weighted by atomic mass is 19.4. The summed E-state index contributed by atoms with van der Waals surface area (Å²) in [5.74, 6) is -3.23. The van der Waals surface area contributed by atoms with E-state index in [2.05, 4.69) is 15.5 Å². The number of likely N-dealkylation sites (N-methyl/N-ethyl adjacent to an activating group) is 1. The minimum Gasteiger partial charge on any atom is -0.342 e. The fourth-order valence-corrected chi connectivity index (χ4v) is 6.71. The maximum Gasteiger partial charge on any atom is 0.453 e. The second-order valence-corrected chi connectivity index (χ2v) is 12.5. The quantitative estimate of drug-likeness (QED) is 0.261. The van der Waals surface area contributed by atoms with Gasteiger partial charge in [0.1, 0.15) is 5.82 Å². The summed E-state index contributed by atoms with van der Waals surface area (Å²) in [5, 5.41) is 9.72. The molecular formula is C31H31F10N7O2. The highest BCUT2D eigenvalue weighted by molar-refractivity contribution is 5.92. The van der Waals surface area contributed by atoms with Crippen molar-refractivity contribution in [3.63, 3.8) is 0 Å². The minimum absolute atomic E-state index is 0.0311. The molecule has 1 saturated carbocycles. The zero-order valence-electron chi connectivity index (χ0n) is 26.5. The molecule has 0 unspecified atom stereocenters. The number of benzene rings is 2. The van der Waals surface area contributed by atoms with Gasteiger partial charge in [-0.3, -0.25) is 9.69 Å². The molecule has 2 atom stereocenters. The Morgan fingerprint density at radius 2 is 1.38 bits per heavy atom. The van der Waals surface area contributed by atoms with Crippen LogP contribution in [0.15, 0.2) is 42.5 Å². The minimum atomic E-state index is -5.13. The number of hydrogen-bond acceptors (Lipinski definition) is 5. The number of halogens is 10. The van der Waals surface area contributed by atoms with Gasteiger partial charge in [-0.15, -0.1) is 5.10 Å². The third-order valence-electron chi connectivity index (χ3n) is 9.37. The van der Waals surface area contributed by atoms with Crippen molar-refractivity contribution >= 4 is 17.6 Å². The molecule has 0 spiro atoms. The van der Waals surface area contributed by atoms with Gasteiger partial charge >= 0.3 is 24.6 Å². The van der Waals surface area contributed by atoms with Gasteiger partial charge in [0.15, 0.2) is 0 Å². The first-order valence-corrected chi connectivity index (χ1v) is 15.4. The van der Waals surface area contributed by atoms with Crippen LogP contribution >= 0.6 is 0 Å². The monoisotopic (exact) mass is 723 g/mol. The molecule has 1 aliphatic carbocycles. The fraction of sp³-hybridized carbons (Fsp3) is 0.516. The highest BCUT2D eigenvalue weighted by Crippen LogP contribution is 2.40. The Bertz CT molecular complexity index is 1650. The van der Waals surface area contributed by atoms with E-state index in [1.165, 1.54) is 36.2 Å². The zero-order valence-corrected chi connectivity index (χ0v) is 26.5. The summed E-state index contributed by atoms with van der Waals surface area (Å²) < 4.78 is 136. The van der Waals surface area contributed by atoms with Crippen molar-refractivity contribution in [2.45, 2.75) is 68.6 Å². The van der Waals surface area contributed by atoms with Crippen molar-refractivity contribution in [2.24, 2.45) is 5.92 Å². The van der Waals surface area contributed by atoms with Crippen LogP contribution in [0.5, 0.6) is 0 Å². The van der Waals surface area contributed by atoms with Crippen molar-refractivity contribution in [3.8, 4) is 0 Å². The van der Waals surface area contributed by atoms with Crippen molar-refractivity contribution < 1.29 is 53.5 Å². The molecule has 1 aliphatic heterocycles. The largest absolute Gasteiger partial charge is 0.453 e. The molecule has 2 heterocycles. The lowest BCUT2D eigenvalue weighted by Gasteiger charge is -2.45. The van der Waals surface area contributed by atoms with Crippen LogP contribution in [0, 0.1) is 11.7 Å². The first-order chi connectivity index (χ1) is 23.3. The highest BCUT2D eigenvalue weighted by Gasteiger charge is 2.43. The molecule has 5 rings (SSSR count). The number of aromatic nitrogens is 4. The molecule has 1 aromatic heterocycles. The third-order valence-corrected chi connectivity index (χ3v) is 9.37. The van der Waals surface area contributed by atoms with Crippen LogP contribution in [0.3, 0.4) is 0 Å². The van der Waals surface area contributed by atoms with Crippen molar-refractivity contribution in [3.05, 3.63) is 70.8 Å². The topological polar surface area (TPSA) is 87.5 Å². The molecule has 3 aromatic rings. The number of anilines is 1. The predicted molar refractivity (Wildman–Crippen MR) is 156 cm³/mol. The van der Waals surface area contributed by atoms with E-state index in [9.17, 15) is 53.5 Å². The Labute approximate surface area is 278 Å². The smallest absolute Gasteiger partial charge is 0.342 e. The molecule has 0 N–H and O–H groups in total. The van der Waals surface area contributed by atoms with Crippen LogP contribution in [0.2, 0.25) is 0 Å². The summed E-state index contributed by atoms with van der Waals surface area (Å²) in [6, 6.07) is 3.81. The molecule has 1 saturated heterocycles. The maximum absolute atomic E-state index is 13.9. The molecule has 50 heavy (non-hydrogen) atoms. The van der Waals surface area contributed by atoms with Crippen molar-refractivity contribution in [1.29, 1.82) is 0 Å². The van der Waals surface area contributed by atoms with E-state index in [1.54, 1.807) is 4.90 Å². The number of urea groups is 1. The number of rotatable bonds is 5. The lowest BCUT2D eigenvalue weighted by Crippen LogP contribution is -2.55. The number of piperidine rings is 1. The summed E-state index contributed by atoms with van der Waals surface area (Å²) in [5.41, 5.74) is -3.30. The molecule has 3 amide bonds. The van der Waals surface area contributed by atoms with Gasteiger partial charge in [-0.25, -0.2) is 13.9 Å². The average Bonchev–Trinajstić information content (AvgIpc) is 3.57. The van der Waals surface area contributed by atoms with Crippen molar-refractivity contribution in [2.75, 3.05) is 32.1 Å². The van der Waals surface area contributed by atoms with E-state index in [-0.39, 0.29) is 57.2 Å². The van der Waals surface area contributed by atoms with Crippen molar-refractivity contribution in [1.82, 2.24) is 30.0 Å². The lowest BCUT2D eigenvalue weighted by molar-refractivity contribution is -0.149. The molecule has 2 aliphatic rings. The van der Waals surface area contributed by atoms with Crippen LogP contribution in [0.25, 0.3) is 0 Å². The van der Waals surface area contributed by atoms with Crippen LogP contribution in [0.1, 0.15) is 66.6 Å². The summed E-state index contributed by atoms with van der Waals surface area (Å²) in [4.78, 5) is 30.7. The number of likely N-dealkylation sites (tertiary alicyclic amines) is 1. The summed E-state index contributed by atoms with van der Waals surface area (Å²) >= 11 is 0. The Balaban J connectivity index is 1.34. The fourth-order valence-electron chi connectivity index (χ4n) is 6.71. The van der Waals surface area contributed by atoms with Gasteiger partial charge in [0.25, 0.3) is 5.82 Å². The van der Waals surface area contributed by atoms with Crippen LogP contribution < -0.4 is 4.90 Å². The van der Waals surface area contributed by atoms with Gasteiger partial charge in [0.05, 0.1) is 17.2 Å². The average molecular weight is 724 g/mol. The molecule has 9 nitrogen and oxygen atoms in total. The number of carbonyl (C=O) groups is 2. The Hall–Kier alpha value is -4.45. The lowest BCUT2D eigenvalue weighted by atomic mass is 9.82. The normalized spacial score (nSPS) is 22.0. The van der Waals surface area contributed by atoms with Crippen LogP contribution in [-0.4, -0.2) is 75.2 Å². The molecule has 0 radical (unpaired) electrons. The van der Waals surface area contributed by atoms with E-state index in [4.69, 9.17) is 0 Å². The molecule has 272 valence electrons. The number of amides is 3. The van der Waals surface area contributed by atoms with E-state index >= 15 is 0 Å². The Morgan fingerprint density at radius 1 is 0.800 bits per heavy atom. The summed E-state index contributed by atoms with van der Waals surface area (Å²) in [7, 11) is 2.38. The Morgan fingerprint density at radius 3 is 1.92 bits per heavy atom. The standard InChI is InChI=1S/C31H31F10N7O2/c1-45(23-14-19(29(33,34)35)13-20(15-23)30(36,37)38)28(50)46(2)25-11-12-47(16-24(25)17-3-7-21(32)8-4-17)26(49)18-5-9-22(10-6-18)48-27(31(39,40)41)42-43-44-48/h3-4,7-8,13-15,18,22,24-25H,5-6,9-12,16H2,1-2H3/t18-,22-,24-,25+/m0/s1. The SMILES string of the molecule is CN(C(=O)N(C)[C@@H]1CCN(C(=O)[C@H]2CC[C@H](n3nnnc3C(F)(F)F)CC2)C[C@H]1c1ccc(F)cc1)c1cc(C(F)(F)F)cc(C(F)(F)F)c1. The first kappa shape index (κ1) is 36.8. The van der Waals surface area contributed by atoms with E-state index in [0.717, 1.165) is 11.7 Å². The second kappa shape index (κ2) is 13.7. The van der Waals surface area contributed by atoms with Gasteiger partial charge < -0.3 is 9.80 Å². The van der Waals surface area contributed by atoms with Crippen LogP contribution in [-0.2, 0) is 23.3 Å². The number of hydrogen-bond donors (Lipinski definition) is 0. The number of carbonyl (C=O) groups excluding carboxylic acids is 2. The molecular weight excluding hydrogens is 692 g/mol. The van der Waals surface area contributed by atoms with E-state index in [0.29, 0.717) is 22.6 Å². The second-order valence-electron chi connectivity index (χ2n) is 12.5. The van der Waals surface area contributed by atoms with E-state index in [1.807, 2.05) is 0 Å². The van der Waals surface area contributed by atoms with Gasteiger partial charge in [-0.1, -0.05) is 12.1 Å². The number of alkyl halides is 9. The van der Waals surface area contributed by atoms with Gasteiger partial charge in [0.2, 0.25) is 5.91 Å². The van der Waals surface area contributed by atoms with Gasteiger partial charge in [0, 0.05) is 50.7 Å². The summed E-state index contributed by atoms with van der Waals surface area (Å²) in [6.45, 7) is 0.152. The van der Waals surface area contributed by atoms with Crippen LogP contribution in [0.4, 0.5) is 54.4 Å². The molecule has 0 bridgehead atoms. The Kier molecular flexibility index (Phi) is 10.1. The first-order valence-electron chi connectivity index (χ1n) is 15.4. The maximum atomic E-state index is 13.9. The number of tetrazole rings is 1. The molecule has 2 fully saturated rings. The number of nitrogens with zero attached hydrogens (tertiary/aromatic N) is 7. The van der Waals surface area contributed by atoms with Gasteiger partial charge in [-0.05, 0) is 78.4 Å². The summed E-state index contributed by atoms with van der Waals surface area (Å²) in [6.07, 6.45) is -13.9. The molecule has 2 aromatic carbocycles.